The Balaban J connectivity index is 1.60. The first-order valence-corrected chi connectivity index (χ1v) is 7.62. The Bertz CT molecular complexity index is 882. The van der Waals surface area contributed by atoms with Gasteiger partial charge in [0, 0.05) is 17.7 Å². The van der Waals surface area contributed by atoms with E-state index >= 15 is 0 Å². The van der Waals surface area contributed by atoms with Crippen LogP contribution in [0, 0.1) is 11.6 Å². The van der Waals surface area contributed by atoms with Crippen molar-refractivity contribution in [2.75, 3.05) is 10.6 Å². The van der Waals surface area contributed by atoms with E-state index in [1.165, 1.54) is 30.5 Å². The summed E-state index contributed by atoms with van der Waals surface area (Å²) in [6, 6.07) is 15.2. The first-order valence-electron chi connectivity index (χ1n) is 7.62. The molecule has 1 heterocycles. The molecule has 0 aliphatic heterocycles. The Morgan fingerprint density at radius 1 is 1.00 bits per heavy atom. The Morgan fingerprint density at radius 2 is 1.84 bits per heavy atom. The molecule has 25 heavy (non-hydrogen) atoms. The number of pyridine rings is 1. The van der Waals surface area contributed by atoms with Crippen molar-refractivity contribution in [2.24, 2.45) is 0 Å². The van der Waals surface area contributed by atoms with Crippen LogP contribution in [-0.2, 0) is 6.54 Å². The molecule has 2 aromatic carbocycles. The topological polar surface area (TPSA) is 54.0 Å². The molecule has 3 rings (SSSR count). The summed E-state index contributed by atoms with van der Waals surface area (Å²) in [4.78, 5) is 16.2. The number of rotatable bonds is 5. The summed E-state index contributed by atoms with van der Waals surface area (Å²) < 4.78 is 26.7. The van der Waals surface area contributed by atoms with Crippen LogP contribution >= 0.6 is 0 Å². The maximum atomic E-state index is 13.6. The minimum atomic E-state index is -0.474. The molecule has 1 amide bonds. The molecule has 0 bridgehead atoms. The second-order valence-corrected chi connectivity index (χ2v) is 5.34. The van der Waals surface area contributed by atoms with Crippen molar-refractivity contribution in [3.63, 3.8) is 0 Å². The minimum absolute atomic E-state index is 0.224. The summed E-state index contributed by atoms with van der Waals surface area (Å²) in [6.45, 7) is 0.300. The highest BCUT2D eigenvalue weighted by Crippen LogP contribution is 2.14. The summed E-state index contributed by atoms with van der Waals surface area (Å²) in [5, 5.41) is 5.65. The van der Waals surface area contributed by atoms with Crippen molar-refractivity contribution in [1.82, 2.24) is 4.98 Å². The zero-order valence-electron chi connectivity index (χ0n) is 13.2. The van der Waals surface area contributed by atoms with E-state index in [9.17, 15) is 13.6 Å². The van der Waals surface area contributed by atoms with Crippen molar-refractivity contribution >= 4 is 17.4 Å². The van der Waals surface area contributed by atoms with Gasteiger partial charge in [0.15, 0.2) is 0 Å². The highest BCUT2D eigenvalue weighted by molar-refractivity contribution is 6.04. The van der Waals surface area contributed by atoms with Crippen LogP contribution in [0.4, 0.5) is 20.3 Å². The second-order valence-electron chi connectivity index (χ2n) is 5.34. The van der Waals surface area contributed by atoms with Gasteiger partial charge >= 0.3 is 0 Å². The summed E-state index contributed by atoms with van der Waals surface area (Å²) in [6.07, 6.45) is 1.47. The van der Waals surface area contributed by atoms with Gasteiger partial charge in [0.2, 0.25) is 0 Å². The third-order valence-electron chi connectivity index (χ3n) is 3.53. The van der Waals surface area contributed by atoms with Crippen molar-refractivity contribution in [1.29, 1.82) is 0 Å². The molecule has 0 saturated carbocycles. The van der Waals surface area contributed by atoms with Gasteiger partial charge in [0.1, 0.15) is 17.5 Å². The number of benzene rings is 2. The molecule has 2 N–H and O–H groups in total. The molecule has 0 aliphatic rings. The summed E-state index contributed by atoms with van der Waals surface area (Å²) in [5.74, 6) is -0.632. The number of anilines is 2. The Hall–Kier alpha value is -3.28. The number of aromatic nitrogens is 1. The average Bonchev–Trinajstić information content (AvgIpc) is 2.62. The largest absolute Gasteiger partial charge is 0.366 e. The molecule has 1 aromatic heterocycles. The van der Waals surface area contributed by atoms with E-state index in [0.29, 0.717) is 23.6 Å². The van der Waals surface area contributed by atoms with Crippen LogP contribution in [0.1, 0.15) is 15.9 Å². The Labute approximate surface area is 143 Å². The zero-order chi connectivity index (χ0) is 17.6. The molecular formula is C19H15F2N3O. The van der Waals surface area contributed by atoms with Crippen LogP contribution < -0.4 is 10.6 Å². The predicted octanol–water partition coefficient (Wildman–Crippen LogP) is 4.22. The molecule has 0 fully saturated rings. The van der Waals surface area contributed by atoms with Crippen LogP contribution in [0.3, 0.4) is 0 Å². The Morgan fingerprint density at radius 3 is 2.56 bits per heavy atom. The maximum Gasteiger partial charge on any atom is 0.255 e. The number of halogens is 2. The van der Waals surface area contributed by atoms with Gasteiger partial charge in [-0.05, 0) is 36.4 Å². The Kier molecular flexibility index (Phi) is 4.99. The first kappa shape index (κ1) is 16.6. The fraction of sp³-hybridized carbons (Fsp3) is 0.0526. The molecule has 6 heteroatoms. The number of carbonyl (C=O) groups is 1. The number of carbonyl (C=O) groups excluding carboxylic acids is 1. The maximum absolute atomic E-state index is 13.6. The van der Waals surface area contributed by atoms with Crippen LogP contribution in [0.5, 0.6) is 0 Å². The molecule has 0 unspecified atom stereocenters. The SMILES string of the molecule is O=C(Nc1ccc(NCc2ccccc2F)nc1)c1cccc(F)c1. The van der Waals surface area contributed by atoms with E-state index in [4.69, 9.17) is 0 Å². The fourth-order valence-corrected chi connectivity index (χ4v) is 2.23. The van der Waals surface area contributed by atoms with E-state index < -0.39 is 11.7 Å². The van der Waals surface area contributed by atoms with Gasteiger partial charge < -0.3 is 10.6 Å². The number of nitrogens with one attached hydrogen (secondary N) is 2. The van der Waals surface area contributed by atoms with Gasteiger partial charge in [-0.3, -0.25) is 4.79 Å². The molecule has 126 valence electrons. The van der Waals surface area contributed by atoms with Gasteiger partial charge in [-0.2, -0.15) is 0 Å². The van der Waals surface area contributed by atoms with Gasteiger partial charge in [-0.1, -0.05) is 24.3 Å². The lowest BCUT2D eigenvalue weighted by atomic mass is 10.2. The van der Waals surface area contributed by atoms with Crippen molar-refractivity contribution in [3.05, 3.63) is 89.6 Å². The number of hydrogen-bond acceptors (Lipinski definition) is 3. The third-order valence-corrected chi connectivity index (χ3v) is 3.53. The van der Waals surface area contributed by atoms with Crippen LogP contribution in [0.2, 0.25) is 0 Å². The molecule has 0 atom stereocenters. The molecule has 3 aromatic rings. The van der Waals surface area contributed by atoms with Crippen LogP contribution in [-0.4, -0.2) is 10.9 Å². The number of amides is 1. The summed E-state index contributed by atoms with van der Waals surface area (Å²) >= 11 is 0. The van der Waals surface area contributed by atoms with E-state index in [-0.39, 0.29) is 11.4 Å². The summed E-state index contributed by atoms with van der Waals surface area (Å²) in [5.41, 5.74) is 1.24. The fourth-order valence-electron chi connectivity index (χ4n) is 2.23. The molecule has 0 spiro atoms. The monoisotopic (exact) mass is 339 g/mol. The molecule has 0 radical (unpaired) electrons. The summed E-state index contributed by atoms with van der Waals surface area (Å²) in [7, 11) is 0. The lowest BCUT2D eigenvalue weighted by Crippen LogP contribution is -2.12. The van der Waals surface area contributed by atoms with Gasteiger partial charge in [-0.15, -0.1) is 0 Å². The molecular weight excluding hydrogens is 324 g/mol. The van der Waals surface area contributed by atoms with Crippen LogP contribution in [0.25, 0.3) is 0 Å². The second kappa shape index (κ2) is 7.53. The molecule has 0 aliphatic carbocycles. The first-order chi connectivity index (χ1) is 12.1. The van der Waals surface area contributed by atoms with Gasteiger partial charge in [0.25, 0.3) is 5.91 Å². The number of nitrogens with zero attached hydrogens (tertiary/aromatic N) is 1. The van der Waals surface area contributed by atoms with Gasteiger partial charge in [0.05, 0.1) is 11.9 Å². The predicted molar refractivity (Wildman–Crippen MR) is 92.3 cm³/mol. The average molecular weight is 339 g/mol. The normalized spacial score (nSPS) is 10.3. The van der Waals surface area contributed by atoms with E-state index in [2.05, 4.69) is 15.6 Å². The molecule has 4 nitrogen and oxygen atoms in total. The van der Waals surface area contributed by atoms with Crippen molar-refractivity contribution in [3.8, 4) is 0 Å². The van der Waals surface area contributed by atoms with E-state index in [1.807, 2.05) is 0 Å². The van der Waals surface area contributed by atoms with Crippen LogP contribution in [0.15, 0.2) is 66.9 Å². The van der Waals surface area contributed by atoms with Crippen molar-refractivity contribution in [2.45, 2.75) is 6.54 Å². The highest BCUT2D eigenvalue weighted by atomic mass is 19.1. The minimum Gasteiger partial charge on any atom is -0.366 e. The lowest BCUT2D eigenvalue weighted by Gasteiger charge is -2.08. The quantitative estimate of drug-likeness (QED) is 0.732. The van der Waals surface area contributed by atoms with Gasteiger partial charge in [-0.25, -0.2) is 13.8 Å². The standard InChI is InChI=1S/C19H15F2N3O/c20-15-6-3-5-13(10-15)19(25)24-16-8-9-18(23-12-16)22-11-14-4-1-2-7-17(14)21/h1-10,12H,11H2,(H,22,23)(H,24,25). The van der Waals surface area contributed by atoms with Crippen molar-refractivity contribution < 1.29 is 13.6 Å². The smallest absolute Gasteiger partial charge is 0.255 e. The van der Waals surface area contributed by atoms with E-state index in [1.54, 1.807) is 30.3 Å². The lowest BCUT2D eigenvalue weighted by molar-refractivity contribution is 0.102. The number of hydrogen-bond donors (Lipinski definition) is 2. The molecule has 0 saturated heterocycles. The zero-order valence-corrected chi connectivity index (χ0v) is 13.2. The van der Waals surface area contributed by atoms with E-state index in [0.717, 1.165) is 6.07 Å². The highest BCUT2D eigenvalue weighted by Gasteiger charge is 2.07. The third kappa shape index (κ3) is 4.38.